The first-order valence-electron chi connectivity index (χ1n) is 5.04. The van der Waals surface area contributed by atoms with Crippen LogP contribution in [0.4, 0.5) is 5.82 Å². The second-order valence-corrected chi connectivity index (χ2v) is 3.64. The predicted molar refractivity (Wildman–Crippen MR) is 60.7 cm³/mol. The van der Waals surface area contributed by atoms with Crippen molar-refractivity contribution in [2.45, 2.75) is 6.42 Å². The molecule has 0 aliphatic heterocycles. The molecule has 0 saturated heterocycles. The third kappa shape index (κ3) is 3.82. The van der Waals surface area contributed by atoms with E-state index >= 15 is 0 Å². The molecule has 0 aliphatic carbocycles. The highest BCUT2D eigenvalue weighted by atomic mass is 16.4. The van der Waals surface area contributed by atoms with Gasteiger partial charge >= 0.3 is 5.97 Å². The summed E-state index contributed by atoms with van der Waals surface area (Å²) in [7, 11) is 3.98. The zero-order chi connectivity index (χ0) is 12.0. The van der Waals surface area contributed by atoms with Gasteiger partial charge in [-0.25, -0.2) is 14.8 Å². The van der Waals surface area contributed by atoms with Crippen LogP contribution in [0.15, 0.2) is 12.4 Å². The first-order chi connectivity index (χ1) is 7.61. The molecule has 0 spiro atoms. The van der Waals surface area contributed by atoms with Gasteiger partial charge in [0.15, 0.2) is 11.5 Å². The van der Waals surface area contributed by atoms with E-state index in [1.54, 1.807) is 0 Å². The molecule has 1 rings (SSSR count). The Hall–Kier alpha value is -1.69. The number of nitrogens with zero attached hydrogens (tertiary/aromatic N) is 3. The van der Waals surface area contributed by atoms with Crippen LogP contribution in [0.5, 0.6) is 0 Å². The summed E-state index contributed by atoms with van der Waals surface area (Å²) in [5.74, 6) is -0.739. The third-order valence-electron chi connectivity index (χ3n) is 1.98. The summed E-state index contributed by atoms with van der Waals surface area (Å²) < 4.78 is 0. The fourth-order valence-corrected chi connectivity index (χ4v) is 1.23. The van der Waals surface area contributed by atoms with Crippen LogP contribution in [0.25, 0.3) is 0 Å². The SMILES string of the molecule is CN(C)CCCNc1nccnc1C(=O)O. The number of anilines is 1. The lowest BCUT2D eigenvalue weighted by molar-refractivity contribution is 0.0691. The summed E-state index contributed by atoms with van der Waals surface area (Å²) in [5.41, 5.74) is -0.0349. The van der Waals surface area contributed by atoms with Crippen molar-refractivity contribution < 1.29 is 9.90 Å². The minimum Gasteiger partial charge on any atom is -0.476 e. The lowest BCUT2D eigenvalue weighted by Gasteiger charge is -2.10. The van der Waals surface area contributed by atoms with Crippen LogP contribution in [0, 0.1) is 0 Å². The number of aromatic carboxylic acids is 1. The van der Waals surface area contributed by atoms with Crippen molar-refractivity contribution in [1.82, 2.24) is 14.9 Å². The molecule has 0 bridgehead atoms. The molecule has 6 nitrogen and oxygen atoms in total. The van der Waals surface area contributed by atoms with E-state index in [2.05, 4.69) is 20.2 Å². The molecular formula is C10H16N4O2. The van der Waals surface area contributed by atoms with Crippen molar-refractivity contribution in [3.63, 3.8) is 0 Å². The number of nitrogens with one attached hydrogen (secondary N) is 1. The second-order valence-electron chi connectivity index (χ2n) is 3.64. The Balaban J connectivity index is 2.50. The number of carbonyl (C=O) groups is 1. The maximum absolute atomic E-state index is 10.8. The molecule has 2 N–H and O–H groups in total. The molecule has 0 fully saturated rings. The molecule has 88 valence electrons. The van der Waals surface area contributed by atoms with Crippen molar-refractivity contribution in [2.75, 3.05) is 32.5 Å². The van der Waals surface area contributed by atoms with E-state index in [0.717, 1.165) is 13.0 Å². The van der Waals surface area contributed by atoms with Crippen molar-refractivity contribution in [3.8, 4) is 0 Å². The van der Waals surface area contributed by atoms with Crippen LogP contribution in [-0.2, 0) is 0 Å². The van der Waals surface area contributed by atoms with Gasteiger partial charge in [-0.3, -0.25) is 0 Å². The number of hydrogen-bond donors (Lipinski definition) is 2. The monoisotopic (exact) mass is 224 g/mol. The van der Waals surface area contributed by atoms with Gasteiger partial charge in [-0.05, 0) is 27.1 Å². The van der Waals surface area contributed by atoms with Gasteiger partial charge in [0.1, 0.15) is 0 Å². The summed E-state index contributed by atoms with van der Waals surface area (Å²) in [6.07, 6.45) is 3.76. The highest BCUT2D eigenvalue weighted by molar-refractivity contribution is 5.90. The van der Waals surface area contributed by atoms with E-state index in [4.69, 9.17) is 5.11 Å². The van der Waals surface area contributed by atoms with Crippen molar-refractivity contribution in [2.24, 2.45) is 0 Å². The first-order valence-corrected chi connectivity index (χ1v) is 5.04. The average Bonchev–Trinajstić information content (AvgIpc) is 2.24. The fraction of sp³-hybridized carbons (Fsp3) is 0.500. The zero-order valence-corrected chi connectivity index (χ0v) is 9.47. The highest BCUT2D eigenvalue weighted by Gasteiger charge is 2.11. The van der Waals surface area contributed by atoms with Gasteiger partial charge in [-0.1, -0.05) is 0 Å². The quantitative estimate of drug-likeness (QED) is 0.687. The molecule has 0 aliphatic rings. The van der Waals surface area contributed by atoms with Crippen molar-refractivity contribution >= 4 is 11.8 Å². The van der Waals surface area contributed by atoms with Crippen LogP contribution in [0.3, 0.4) is 0 Å². The summed E-state index contributed by atoms with van der Waals surface area (Å²) in [6.45, 7) is 1.62. The topological polar surface area (TPSA) is 78.3 Å². The van der Waals surface area contributed by atoms with Gasteiger partial charge < -0.3 is 15.3 Å². The first kappa shape index (κ1) is 12.4. The van der Waals surface area contributed by atoms with Gasteiger partial charge in [-0.15, -0.1) is 0 Å². The Morgan fingerprint density at radius 1 is 1.44 bits per heavy atom. The van der Waals surface area contributed by atoms with Crippen LogP contribution >= 0.6 is 0 Å². The maximum atomic E-state index is 10.8. The molecule has 0 unspecified atom stereocenters. The largest absolute Gasteiger partial charge is 0.476 e. The van der Waals surface area contributed by atoms with Gasteiger partial charge in [0.2, 0.25) is 0 Å². The lowest BCUT2D eigenvalue weighted by Crippen LogP contribution is -2.17. The van der Waals surface area contributed by atoms with Crippen LogP contribution in [-0.4, -0.2) is 53.1 Å². The minimum atomic E-state index is -1.07. The van der Waals surface area contributed by atoms with Crippen molar-refractivity contribution in [3.05, 3.63) is 18.1 Å². The minimum absolute atomic E-state index is 0.0349. The second kappa shape index (κ2) is 6.02. The number of aromatic nitrogens is 2. The predicted octanol–water partition coefficient (Wildman–Crippen LogP) is 0.538. The maximum Gasteiger partial charge on any atom is 0.358 e. The molecule has 0 radical (unpaired) electrons. The zero-order valence-electron chi connectivity index (χ0n) is 9.47. The summed E-state index contributed by atoms with van der Waals surface area (Å²) in [5, 5.41) is 11.8. The van der Waals surface area contributed by atoms with Crippen LogP contribution in [0.1, 0.15) is 16.9 Å². The number of hydrogen-bond acceptors (Lipinski definition) is 5. The Morgan fingerprint density at radius 2 is 2.12 bits per heavy atom. The molecule has 1 aromatic heterocycles. The normalized spacial score (nSPS) is 10.4. The molecule has 1 aromatic rings. The van der Waals surface area contributed by atoms with Gasteiger partial charge in [0.25, 0.3) is 0 Å². The van der Waals surface area contributed by atoms with E-state index in [9.17, 15) is 4.79 Å². The number of carboxylic acid groups (broad SMARTS) is 1. The number of carboxylic acids is 1. The Labute approximate surface area is 94.3 Å². The lowest BCUT2D eigenvalue weighted by atomic mass is 10.3. The van der Waals surface area contributed by atoms with E-state index in [-0.39, 0.29) is 5.69 Å². The highest BCUT2D eigenvalue weighted by Crippen LogP contribution is 2.07. The molecule has 0 atom stereocenters. The Kier molecular flexibility index (Phi) is 4.65. The van der Waals surface area contributed by atoms with Crippen LogP contribution < -0.4 is 5.32 Å². The van der Waals surface area contributed by atoms with Gasteiger partial charge in [0, 0.05) is 18.9 Å². The average molecular weight is 224 g/mol. The number of rotatable bonds is 6. The summed E-state index contributed by atoms with van der Waals surface area (Å²) in [4.78, 5) is 20.6. The fourth-order valence-electron chi connectivity index (χ4n) is 1.23. The van der Waals surface area contributed by atoms with E-state index < -0.39 is 5.97 Å². The molecule has 0 aromatic carbocycles. The summed E-state index contributed by atoms with van der Waals surface area (Å²) >= 11 is 0. The van der Waals surface area contributed by atoms with E-state index in [0.29, 0.717) is 12.4 Å². The van der Waals surface area contributed by atoms with Crippen LogP contribution in [0.2, 0.25) is 0 Å². The molecule has 1 heterocycles. The van der Waals surface area contributed by atoms with Gasteiger partial charge in [-0.2, -0.15) is 0 Å². The van der Waals surface area contributed by atoms with Gasteiger partial charge in [0.05, 0.1) is 0 Å². The molecule has 0 saturated carbocycles. The molecule has 16 heavy (non-hydrogen) atoms. The molecule has 6 heteroatoms. The van der Waals surface area contributed by atoms with E-state index in [1.165, 1.54) is 12.4 Å². The molecular weight excluding hydrogens is 208 g/mol. The standard InChI is InChI=1S/C10H16N4O2/c1-14(2)7-3-4-12-9-8(10(15)16)11-5-6-13-9/h5-6H,3-4,7H2,1-2H3,(H,12,13)(H,15,16). The smallest absolute Gasteiger partial charge is 0.358 e. The summed E-state index contributed by atoms with van der Waals surface area (Å²) in [6, 6.07) is 0. The van der Waals surface area contributed by atoms with Crippen molar-refractivity contribution in [1.29, 1.82) is 0 Å². The Bertz CT molecular complexity index is 354. The third-order valence-corrected chi connectivity index (χ3v) is 1.98. The van der Waals surface area contributed by atoms with E-state index in [1.807, 2.05) is 14.1 Å². The molecule has 0 amide bonds. The Morgan fingerprint density at radius 3 is 2.75 bits per heavy atom.